The highest BCUT2D eigenvalue weighted by Crippen LogP contribution is 2.32. The van der Waals surface area contributed by atoms with Crippen molar-refractivity contribution in [2.75, 3.05) is 13.1 Å². The largest absolute Gasteiger partial charge is 0.493 e. The van der Waals surface area contributed by atoms with Crippen molar-refractivity contribution in [3.05, 3.63) is 30.2 Å². The molecule has 21 heavy (non-hydrogen) atoms. The zero-order chi connectivity index (χ0) is 15.2. The predicted octanol–water partition coefficient (Wildman–Crippen LogP) is 0.801. The molecule has 1 atom stereocenters. The third-order valence-electron chi connectivity index (χ3n) is 3.61. The molecule has 1 unspecified atom stereocenters. The molecule has 112 valence electrons. The van der Waals surface area contributed by atoms with Gasteiger partial charge in [0.25, 0.3) is 0 Å². The maximum atomic E-state index is 14.0. The van der Waals surface area contributed by atoms with Crippen LogP contribution < -0.4 is 5.73 Å². The summed E-state index contributed by atoms with van der Waals surface area (Å²) in [6, 6.07) is 3.99. The Balaban J connectivity index is 2.23. The molecule has 6 nitrogen and oxygen atoms in total. The van der Waals surface area contributed by atoms with Crippen molar-refractivity contribution in [3.63, 3.8) is 0 Å². The maximum Gasteiger partial charge on any atom is 0.243 e. The van der Waals surface area contributed by atoms with Crippen LogP contribution in [0.5, 0.6) is 5.88 Å². The fraction of sp³-hybridized carbons (Fsp3) is 0.308. The number of hydrogen-bond acceptors (Lipinski definition) is 5. The van der Waals surface area contributed by atoms with Crippen molar-refractivity contribution in [3.8, 4) is 5.88 Å². The Hall–Kier alpha value is -1.77. The molecule has 0 aliphatic carbocycles. The Morgan fingerprint density at radius 3 is 2.86 bits per heavy atom. The minimum atomic E-state index is -3.86. The number of nitrogens with zero attached hydrogens (tertiary/aromatic N) is 2. The molecule has 8 heteroatoms. The molecule has 1 saturated heterocycles. The average molecular weight is 311 g/mol. The standard InChI is InChI=1S/C13H14FN3O3S/c14-10-6-16-13(18)9-2-1-3-11(12(9)10)21(19,20)17-5-4-8(15)7-17/h1-3,6,8H,4-5,7,15H2,(H,16,18). The minimum Gasteiger partial charge on any atom is -0.493 e. The first-order chi connectivity index (χ1) is 9.91. The van der Waals surface area contributed by atoms with Crippen molar-refractivity contribution >= 4 is 20.8 Å². The van der Waals surface area contributed by atoms with Crippen LogP contribution in [0.15, 0.2) is 29.3 Å². The molecule has 1 aromatic carbocycles. The summed E-state index contributed by atoms with van der Waals surface area (Å²) in [5.41, 5.74) is 5.74. The van der Waals surface area contributed by atoms with Gasteiger partial charge < -0.3 is 10.8 Å². The van der Waals surface area contributed by atoms with Crippen LogP contribution in [0.2, 0.25) is 0 Å². The SMILES string of the molecule is NC1CCN(S(=O)(=O)c2cccc3c(O)ncc(F)c23)C1. The van der Waals surface area contributed by atoms with E-state index in [1.54, 1.807) is 0 Å². The van der Waals surface area contributed by atoms with Crippen molar-refractivity contribution in [1.29, 1.82) is 0 Å². The second kappa shape index (κ2) is 4.90. The van der Waals surface area contributed by atoms with E-state index < -0.39 is 21.7 Å². The van der Waals surface area contributed by atoms with Gasteiger partial charge in [0, 0.05) is 29.9 Å². The van der Waals surface area contributed by atoms with E-state index in [1.165, 1.54) is 22.5 Å². The second-order valence-corrected chi connectivity index (χ2v) is 6.93. The summed E-state index contributed by atoms with van der Waals surface area (Å²) < 4.78 is 40.6. The Labute approximate surface area is 121 Å². The van der Waals surface area contributed by atoms with Crippen molar-refractivity contribution in [2.24, 2.45) is 5.73 Å². The molecule has 0 saturated carbocycles. The molecule has 2 aromatic rings. The lowest BCUT2D eigenvalue weighted by Crippen LogP contribution is -2.32. The van der Waals surface area contributed by atoms with Gasteiger partial charge in [-0.2, -0.15) is 4.31 Å². The molecule has 3 N–H and O–H groups in total. The van der Waals surface area contributed by atoms with E-state index in [-0.39, 0.29) is 28.3 Å². The maximum absolute atomic E-state index is 14.0. The molecule has 0 amide bonds. The van der Waals surface area contributed by atoms with E-state index in [1.807, 2.05) is 0 Å². The van der Waals surface area contributed by atoms with Crippen LogP contribution in [-0.2, 0) is 10.0 Å². The smallest absolute Gasteiger partial charge is 0.243 e. The van der Waals surface area contributed by atoms with Crippen LogP contribution in [-0.4, -0.2) is 41.9 Å². The molecule has 0 spiro atoms. The van der Waals surface area contributed by atoms with Crippen LogP contribution in [0.4, 0.5) is 4.39 Å². The van der Waals surface area contributed by atoms with E-state index in [4.69, 9.17) is 5.73 Å². The highest BCUT2D eigenvalue weighted by atomic mass is 32.2. The third kappa shape index (κ3) is 2.25. The number of aromatic hydroxyl groups is 1. The molecule has 0 radical (unpaired) electrons. The molecular formula is C13H14FN3O3S. The minimum absolute atomic E-state index is 0.0690. The van der Waals surface area contributed by atoms with Gasteiger partial charge in [-0.15, -0.1) is 0 Å². The van der Waals surface area contributed by atoms with Gasteiger partial charge in [-0.3, -0.25) is 0 Å². The fourth-order valence-electron chi connectivity index (χ4n) is 2.54. The van der Waals surface area contributed by atoms with Crippen LogP contribution >= 0.6 is 0 Å². The highest BCUT2D eigenvalue weighted by molar-refractivity contribution is 7.89. The lowest BCUT2D eigenvalue weighted by Gasteiger charge is -2.17. The monoisotopic (exact) mass is 311 g/mol. The number of aromatic nitrogens is 1. The predicted molar refractivity (Wildman–Crippen MR) is 74.7 cm³/mol. The van der Waals surface area contributed by atoms with Gasteiger partial charge >= 0.3 is 0 Å². The molecule has 0 bridgehead atoms. The first-order valence-corrected chi connectivity index (χ1v) is 7.87. The van der Waals surface area contributed by atoms with Gasteiger partial charge in [0.2, 0.25) is 15.9 Å². The fourth-order valence-corrected chi connectivity index (χ4v) is 4.27. The zero-order valence-corrected chi connectivity index (χ0v) is 11.8. The van der Waals surface area contributed by atoms with Crippen molar-refractivity contribution < 1.29 is 17.9 Å². The summed E-state index contributed by atoms with van der Waals surface area (Å²) >= 11 is 0. The molecule has 1 fully saturated rings. The second-order valence-electron chi connectivity index (χ2n) is 5.02. The molecule has 3 rings (SSSR count). The number of sulfonamides is 1. The quantitative estimate of drug-likeness (QED) is 0.855. The summed E-state index contributed by atoms with van der Waals surface area (Å²) in [4.78, 5) is 3.32. The summed E-state index contributed by atoms with van der Waals surface area (Å²) in [6.07, 6.45) is 1.38. The van der Waals surface area contributed by atoms with Gasteiger partial charge in [-0.25, -0.2) is 17.8 Å². The van der Waals surface area contributed by atoms with Crippen LogP contribution in [0.25, 0.3) is 10.8 Å². The Morgan fingerprint density at radius 1 is 1.43 bits per heavy atom. The zero-order valence-electron chi connectivity index (χ0n) is 11.0. The number of benzene rings is 1. The third-order valence-corrected chi connectivity index (χ3v) is 5.52. The molecule has 1 aliphatic heterocycles. The van der Waals surface area contributed by atoms with Crippen LogP contribution in [0.3, 0.4) is 0 Å². The van der Waals surface area contributed by atoms with Crippen molar-refractivity contribution in [1.82, 2.24) is 9.29 Å². The number of halogens is 1. The first-order valence-electron chi connectivity index (χ1n) is 6.43. The van der Waals surface area contributed by atoms with Gasteiger partial charge in [-0.05, 0) is 18.6 Å². The average Bonchev–Trinajstić information content (AvgIpc) is 2.90. The lowest BCUT2D eigenvalue weighted by molar-refractivity contribution is 0.457. The summed E-state index contributed by atoms with van der Waals surface area (Å²) in [5.74, 6) is -1.19. The van der Waals surface area contributed by atoms with E-state index >= 15 is 0 Å². The summed E-state index contributed by atoms with van der Waals surface area (Å²) in [5, 5.41) is 9.61. The Morgan fingerprint density at radius 2 is 2.19 bits per heavy atom. The molecule has 1 aliphatic rings. The van der Waals surface area contributed by atoms with E-state index in [0.717, 1.165) is 6.20 Å². The Kier molecular flexibility index (Phi) is 3.31. The van der Waals surface area contributed by atoms with Crippen LogP contribution in [0, 0.1) is 5.82 Å². The van der Waals surface area contributed by atoms with E-state index in [2.05, 4.69) is 4.98 Å². The topological polar surface area (TPSA) is 96.5 Å². The number of fused-ring (bicyclic) bond motifs is 1. The van der Waals surface area contributed by atoms with E-state index in [9.17, 15) is 17.9 Å². The van der Waals surface area contributed by atoms with E-state index in [0.29, 0.717) is 13.0 Å². The number of hydrogen-bond donors (Lipinski definition) is 2. The van der Waals surface area contributed by atoms with Gasteiger partial charge in [-0.1, -0.05) is 6.07 Å². The lowest BCUT2D eigenvalue weighted by atomic mass is 10.1. The first kappa shape index (κ1) is 14.2. The van der Waals surface area contributed by atoms with Gasteiger partial charge in [0.05, 0.1) is 11.1 Å². The number of nitrogens with two attached hydrogens (primary N) is 1. The Bertz CT molecular complexity index is 810. The highest BCUT2D eigenvalue weighted by Gasteiger charge is 2.32. The molecule has 2 heterocycles. The summed E-state index contributed by atoms with van der Waals surface area (Å²) in [6.45, 7) is 0.510. The van der Waals surface area contributed by atoms with Gasteiger partial charge in [0.15, 0.2) is 5.82 Å². The normalized spacial score (nSPS) is 20.2. The number of rotatable bonds is 2. The molecule has 1 aromatic heterocycles. The van der Waals surface area contributed by atoms with Crippen LogP contribution in [0.1, 0.15) is 6.42 Å². The van der Waals surface area contributed by atoms with Gasteiger partial charge in [0.1, 0.15) is 0 Å². The van der Waals surface area contributed by atoms with Crippen molar-refractivity contribution in [2.45, 2.75) is 17.4 Å². The number of pyridine rings is 1. The summed E-state index contributed by atoms with van der Waals surface area (Å²) in [7, 11) is -3.86. The molecular weight excluding hydrogens is 297 g/mol.